The Balaban J connectivity index is 1.67. The van der Waals surface area contributed by atoms with Gasteiger partial charge in [0.05, 0.1) is 13.2 Å². The van der Waals surface area contributed by atoms with E-state index in [2.05, 4.69) is 11.4 Å². The van der Waals surface area contributed by atoms with Crippen LogP contribution in [0.5, 0.6) is 5.75 Å². The van der Waals surface area contributed by atoms with E-state index in [4.69, 9.17) is 13.9 Å². The van der Waals surface area contributed by atoms with Crippen LogP contribution in [-0.4, -0.2) is 31.1 Å². The number of aryl methyl sites for hydroxylation is 1. The molecule has 3 rings (SSSR count). The largest absolute Gasteiger partial charge is 0.497 e. The van der Waals surface area contributed by atoms with E-state index >= 15 is 0 Å². The van der Waals surface area contributed by atoms with Crippen LogP contribution in [0.1, 0.15) is 35.9 Å². The molecule has 0 radical (unpaired) electrons. The maximum atomic E-state index is 12.3. The van der Waals surface area contributed by atoms with E-state index in [1.54, 1.807) is 39.2 Å². The molecule has 7 nitrogen and oxygen atoms in total. The first kappa shape index (κ1) is 17.8. The Bertz CT molecular complexity index is 907. The lowest BCUT2D eigenvalue weighted by Crippen LogP contribution is -2.48. The lowest BCUT2D eigenvalue weighted by Gasteiger charge is -2.22. The van der Waals surface area contributed by atoms with E-state index in [0.717, 1.165) is 18.2 Å². The molecule has 0 bridgehead atoms. The topological polar surface area (TPSA) is 102 Å². The summed E-state index contributed by atoms with van der Waals surface area (Å²) in [6.45, 7) is 2.95. The van der Waals surface area contributed by atoms with E-state index in [1.807, 2.05) is 0 Å². The van der Waals surface area contributed by atoms with Crippen molar-refractivity contribution in [2.24, 2.45) is 5.92 Å². The van der Waals surface area contributed by atoms with Crippen LogP contribution in [0.25, 0.3) is 11.0 Å². The molecule has 0 spiro atoms. The summed E-state index contributed by atoms with van der Waals surface area (Å²) in [6.07, 6.45) is 1.82. The van der Waals surface area contributed by atoms with Crippen molar-refractivity contribution >= 4 is 22.8 Å². The summed E-state index contributed by atoms with van der Waals surface area (Å²) in [5, 5.41) is 12.6. The van der Waals surface area contributed by atoms with Crippen molar-refractivity contribution < 1.29 is 23.5 Å². The molecule has 0 saturated heterocycles. The molecule has 2 aromatic rings. The summed E-state index contributed by atoms with van der Waals surface area (Å²) in [5.41, 5.74) is 0.227. The zero-order chi connectivity index (χ0) is 18.9. The molecular formula is C19H20N2O5. The molecule has 1 aliphatic carbocycles. The van der Waals surface area contributed by atoms with Crippen LogP contribution < -0.4 is 10.1 Å². The van der Waals surface area contributed by atoms with Crippen LogP contribution in [-0.2, 0) is 9.53 Å². The van der Waals surface area contributed by atoms with Gasteiger partial charge < -0.3 is 19.2 Å². The highest BCUT2D eigenvalue weighted by atomic mass is 16.5. The molecule has 1 fully saturated rings. The molecule has 1 aliphatic rings. The van der Waals surface area contributed by atoms with Crippen LogP contribution in [0.15, 0.2) is 22.6 Å². The molecule has 1 heterocycles. The van der Waals surface area contributed by atoms with Gasteiger partial charge in [0.2, 0.25) is 5.76 Å². The van der Waals surface area contributed by atoms with Crippen LogP contribution in [0.4, 0.5) is 0 Å². The van der Waals surface area contributed by atoms with E-state index < -0.39 is 24.0 Å². The standard InChI is InChI=1S/C19H20N2O5/c1-11-14-8-13(24-3)6-7-15(14)26-17(11)18(23)25-9-16(22)21-19(2,10-20)12-4-5-12/h6-8,12H,4-5,9H2,1-3H3,(H,21,22)/t19-/m0/s1. The summed E-state index contributed by atoms with van der Waals surface area (Å²) in [7, 11) is 1.56. The summed E-state index contributed by atoms with van der Waals surface area (Å²) >= 11 is 0. The Labute approximate surface area is 150 Å². The molecule has 1 N–H and O–H groups in total. The monoisotopic (exact) mass is 356 g/mol. The number of hydrogen-bond donors (Lipinski definition) is 1. The number of carbonyl (C=O) groups is 2. The molecule has 1 amide bonds. The lowest BCUT2D eigenvalue weighted by molar-refractivity contribution is -0.125. The SMILES string of the molecule is COc1ccc2oc(C(=O)OCC(=O)N[C@@](C)(C#N)C3CC3)c(C)c2c1. The number of fused-ring (bicyclic) bond motifs is 1. The first-order valence-corrected chi connectivity index (χ1v) is 8.34. The third-order valence-corrected chi connectivity index (χ3v) is 4.69. The predicted octanol–water partition coefficient (Wildman–Crippen LogP) is 2.72. The Morgan fingerprint density at radius 1 is 1.42 bits per heavy atom. The molecule has 1 atom stereocenters. The first-order valence-electron chi connectivity index (χ1n) is 8.34. The number of carbonyl (C=O) groups excluding carboxylic acids is 2. The molecule has 1 saturated carbocycles. The molecule has 1 aromatic carbocycles. The fourth-order valence-electron chi connectivity index (χ4n) is 2.93. The quantitative estimate of drug-likeness (QED) is 0.799. The summed E-state index contributed by atoms with van der Waals surface area (Å²) in [6, 6.07) is 7.33. The van der Waals surface area contributed by atoms with Crippen LogP contribution >= 0.6 is 0 Å². The summed E-state index contributed by atoms with van der Waals surface area (Å²) < 4.78 is 15.8. The fraction of sp³-hybridized carbons (Fsp3) is 0.421. The average Bonchev–Trinajstić information content (AvgIpc) is 3.45. The highest BCUT2D eigenvalue weighted by Gasteiger charge is 2.43. The van der Waals surface area contributed by atoms with Gasteiger partial charge in [0.15, 0.2) is 6.61 Å². The minimum Gasteiger partial charge on any atom is -0.497 e. The van der Waals surface area contributed by atoms with Crippen molar-refractivity contribution in [1.82, 2.24) is 5.32 Å². The molecule has 7 heteroatoms. The van der Waals surface area contributed by atoms with Crippen LogP contribution in [0.2, 0.25) is 0 Å². The predicted molar refractivity (Wildman–Crippen MR) is 92.7 cm³/mol. The Kier molecular flexibility index (Phi) is 4.60. The number of hydrogen-bond acceptors (Lipinski definition) is 6. The van der Waals surface area contributed by atoms with Crippen LogP contribution in [0, 0.1) is 24.2 Å². The van der Waals surface area contributed by atoms with E-state index in [9.17, 15) is 14.9 Å². The van der Waals surface area contributed by atoms with Gasteiger partial charge in [-0.05, 0) is 50.8 Å². The average molecular weight is 356 g/mol. The van der Waals surface area contributed by atoms with Crippen LogP contribution in [0.3, 0.4) is 0 Å². The second-order valence-corrected chi connectivity index (χ2v) is 6.63. The summed E-state index contributed by atoms with van der Waals surface area (Å²) in [5.74, 6) is -0.384. The van der Waals surface area contributed by atoms with Gasteiger partial charge in [0, 0.05) is 10.9 Å². The molecule has 136 valence electrons. The summed E-state index contributed by atoms with van der Waals surface area (Å²) in [4.78, 5) is 24.3. The second-order valence-electron chi connectivity index (χ2n) is 6.63. The zero-order valence-electron chi connectivity index (χ0n) is 14.9. The maximum absolute atomic E-state index is 12.3. The third-order valence-electron chi connectivity index (χ3n) is 4.69. The Morgan fingerprint density at radius 3 is 2.77 bits per heavy atom. The van der Waals surface area contributed by atoms with Crippen molar-refractivity contribution in [2.75, 3.05) is 13.7 Å². The third kappa shape index (κ3) is 3.36. The number of esters is 1. The highest BCUT2D eigenvalue weighted by molar-refractivity contribution is 5.97. The van der Waals surface area contributed by atoms with Gasteiger partial charge in [0.25, 0.3) is 5.91 Å². The van der Waals surface area contributed by atoms with Gasteiger partial charge >= 0.3 is 5.97 Å². The van der Waals surface area contributed by atoms with E-state index in [0.29, 0.717) is 16.9 Å². The number of ether oxygens (including phenoxy) is 2. The molecule has 1 aromatic heterocycles. The van der Waals surface area contributed by atoms with Gasteiger partial charge in [-0.15, -0.1) is 0 Å². The van der Waals surface area contributed by atoms with Gasteiger partial charge in [-0.1, -0.05) is 0 Å². The van der Waals surface area contributed by atoms with E-state index in [1.165, 1.54) is 0 Å². The van der Waals surface area contributed by atoms with Crippen molar-refractivity contribution in [3.63, 3.8) is 0 Å². The fourth-order valence-corrected chi connectivity index (χ4v) is 2.93. The number of furan rings is 1. The molecular weight excluding hydrogens is 336 g/mol. The zero-order valence-corrected chi connectivity index (χ0v) is 14.9. The van der Waals surface area contributed by atoms with Gasteiger partial charge in [0.1, 0.15) is 16.9 Å². The molecule has 0 unspecified atom stereocenters. The van der Waals surface area contributed by atoms with Crippen molar-refractivity contribution in [3.8, 4) is 11.8 Å². The molecule has 0 aliphatic heterocycles. The van der Waals surface area contributed by atoms with Gasteiger partial charge in [-0.2, -0.15) is 5.26 Å². The maximum Gasteiger partial charge on any atom is 0.375 e. The second kappa shape index (κ2) is 6.71. The van der Waals surface area contributed by atoms with Gasteiger partial charge in [-0.3, -0.25) is 4.79 Å². The number of amides is 1. The highest BCUT2D eigenvalue weighted by Crippen LogP contribution is 2.39. The lowest BCUT2D eigenvalue weighted by atomic mass is 9.98. The molecule has 26 heavy (non-hydrogen) atoms. The van der Waals surface area contributed by atoms with Gasteiger partial charge in [-0.25, -0.2) is 4.79 Å². The number of nitrogens with one attached hydrogen (secondary N) is 1. The van der Waals surface area contributed by atoms with Crippen molar-refractivity contribution in [3.05, 3.63) is 29.5 Å². The first-order chi connectivity index (χ1) is 12.4. The number of benzene rings is 1. The number of nitriles is 1. The smallest absolute Gasteiger partial charge is 0.375 e. The normalized spacial score (nSPS) is 15.8. The number of methoxy groups -OCH3 is 1. The van der Waals surface area contributed by atoms with E-state index in [-0.39, 0.29) is 11.7 Å². The Morgan fingerprint density at radius 2 is 2.15 bits per heavy atom. The minimum absolute atomic E-state index is 0.0475. The Hall–Kier alpha value is -3.01. The van der Waals surface area contributed by atoms with Crippen molar-refractivity contribution in [2.45, 2.75) is 32.2 Å². The number of rotatable bonds is 6. The minimum atomic E-state index is -0.921. The van der Waals surface area contributed by atoms with Crippen molar-refractivity contribution in [1.29, 1.82) is 5.26 Å². The number of nitrogens with zero attached hydrogens (tertiary/aromatic N) is 1.